The zero-order valence-corrected chi connectivity index (χ0v) is 28.9. The van der Waals surface area contributed by atoms with Crippen LogP contribution in [0.2, 0.25) is 0 Å². The number of hydrogen-bond acceptors (Lipinski definition) is 7. The monoisotopic (exact) mass is 662 g/mol. The van der Waals surface area contributed by atoms with Gasteiger partial charge in [0.1, 0.15) is 17.1 Å². The number of carbonyl (C=O) groups excluding carboxylic acids is 2. The molecule has 3 heterocycles. The highest BCUT2D eigenvalue weighted by atomic mass is 16.5. The molecule has 0 bridgehead atoms. The lowest BCUT2D eigenvalue weighted by Gasteiger charge is -2.32. The number of hydrogen-bond donors (Lipinski definition) is 3. The van der Waals surface area contributed by atoms with E-state index in [1.807, 2.05) is 54.6 Å². The van der Waals surface area contributed by atoms with Crippen LogP contribution < -0.4 is 20.7 Å². The minimum Gasteiger partial charge on any atom is -0.494 e. The summed E-state index contributed by atoms with van der Waals surface area (Å²) >= 11 is 0. The van der Waals surface area contributed by atoms with Crippen LogP contribution in [0.4, 0.5) is 11.5 Å². The number of rotatable bonds is 13. The van der Waals surface area contributed by atoms with Gasteiger partial charge in [-0.3, -0.25) is 14.5 Å². The maximum absolute atomic E-state index is 13.3. The number of unbranched alkanes of at least 4 members (excludes halogenated alkanes) is 1. The number of methoxy groups -OCH3 is 1. The van der Waals surface area contributed by atoms with Crippen molar-refractivity contribution in [1.29, 1.82) is 0 Å². The number of pyridine rings is 1. The summed E-state index contributed by atoms with van der Waals surface area (Å²) in [6, 6.07) is 26.2. The normalized spacial score (nSPS) is 16.4. The zero-order chi connectivity index (χ0) is 34.0. The van der Waals surface area contributed by atoms with Crippen molar-refractivity contribution in [3.05, 3.63) is 95.6 Å². The third kappa shape index (κ3) is 9.37. The van der Waals surface area contributed by atoms with Crippen LogP contribution >= 0.6 is 0 Å². The van der Waals surface area contributed by atoms with E-state index in [-0.39, 0.29) is 30.3 Å². The molecule has 0 aliphatic carbocycles. The molecular formula is C40H50N6O3. The third-order valence-electron chi connectivity index (χ3n) is 9.82. The highest BCUT2D eigenvalue weighted by Gasteiger charge is 2.23. The lowest BCUT2D eigenvalue weighted by atomic mass is 10.0. The van der Waals surface area contributed by atoms with Gasteiger partial charge >= 0.3 is 0 Å². The molecular weight excluding hydrogens is 612 g/mol. The van der Waals surface area contributed by atoms with Gasteiger partial charge in [0.25, 0.3) is 5.91 Å². The summed E-state index contributed by atoms with van der Waals surface area (Å²) in [5, 5.41) is 10.9. The first-order valence-electron chi connectivity index (χ1n) is 17.9. The van der Waals surface area contributed by atoms with E-state index < -0.39 is 0 Å². The molecule has 3 N–H and O–H groups in total. The minimum atomic E-state index is -0.0600. The molecule has 9 heteroatoms. The van der Waals surface area contributed by atoms with E-state index in [1.54, 1.807) is 7.11 Å². The van der Waals surface area contributed by atoms with E-state index in [9.17, 15) is 9.59 Å². The second-order valence-corrected chi connectivity index (χ2v) is 13.5. The van der Waals surface area contributed by atoms with Crippen LogP contribution in [0.1, 0.15) is 66.9 Å². The number of fused-ring (bicyclic) bond motifs is 1. The van der Waals surface area contributed by atoms with E-state index >= 15 is 0 Å². The van der Waals surface area contributed by atoms with Gasteiger partial charge in [0, 0.05) is 67.0 Å². The summed E-state index contributed by atoms with van der Waals surface area (Å²) in [6.07, 6.45) is 6.45. The first-order valence-corrected chi connectivity index (χ1v) is 17.9. The van der Waals surface area contributed by atoms with E-state index in [4.69, 9.17) is 9.72 Å². The SMILES string of the molecule is CCCCN1CCC(NC(=O)Cc2cc3cccc(OC)c3nc2Nc2ccc(C(=O)NC3CCN(Cc4ccccc4)CC3)cc2)CC1. The van der Waals surface area contributed by atoms with E-state index in [0.717, 1.165) is 87.1 Å². The standard InChI is InChI=1S/C40H50N6O3/c1-3-4-21-45-22-17-34(18-23-45)41-37(47)27-32-26-31-11-8-12-36(49-2)38(31)44-39(32)42-33-15-13-30(14-16-33)40(48)43-35-19-24-46(25-20-35)28-29-9-6-5-7-10-29/h5-16,26,34-35H,3-4,17-25,27-28H2,1-2H3,(H,41,47)(H,42,44)(H,43,48). The minimum absolute atomic E-state index is 0.00276. The van der Waals surface area contributed by atoms with Crippen LogP contribution in [0.25, 0.3) is 10.9 Å². The molecule has 2 fully saturated rings. The van der Waals surface area contributed by atoms with Crippen LogP contribution in [-0.2, 0) is 17.8 Å². The first-order chi connectivity index (χ1) is 24.0. The maximum atomic E-state index is 13.3. The molecule has 0 saturated carbocycles. The number of anilines is 2. The van der Waals surface area contributed by atoms with Crippen LogP contribution in [-0.4, -0.2) is 78.5 Å². The molecule has 258 valence electrons. The number of nitrogens with one attached hydrogen (secondary N) is 3. The topological polar surface area (TPSA) is 98.8 Å². The van der Waals surface area contributed by atoms with Crippen molar-refractivity contribution < 1.29 is 14.3 Å². The Balaban J connectivity index is 1.08. The van der Waals surface area contributed by atoms with Crippen molar-refractivity contribution in [3.8, 4) is 5.75 Å². The Hall–Kier alpha value is -4.47. The fourth-order valence-electron chi connectivity index (χ4n) is 6.94. The second kappa shape index (κ2) is 16.8. The predicted molar refractivity (Wildman–Crippen MR) is 196 cm³/mol. The lowest BCUT2D eigenvalue weighted by Crippen LogP contribution is -2.45. The van der Waals surface area contributed by atoms with Crippen molar-refractivity contribution in [1.82, 2.24) is 25.4 Å². The highest BCUT2D eigenvalue weighted by molar-refractivity contribution is 5.95. The van der Waals surface area contributed by atoms with Gasteiger partial charge in [0.15, 0.2) is 0 Å². The summed E-state index contributed by atoms with van der Waals surface area (Å²) in [5.41, 5.74) is 4.25. The van der Waals surface area contributed by atoms with Crippen molar-refractivity contribution in [2.24, 2.45) is 0 Å². The van der Waals surface area contributed by atoms with Gasteiger partial charge in [-0.05, 0) is 80.6 Å². The van der Waals surface area contributed by atoms with Crippen molar-refractivity contribution in [2.45, 2.75) is 70.5 Å². The van der Waals surface area contributed by atoms with Crippen LogP contribution in [0.15, 0.2) is 78.9 Å². The molecule has 3 aromatic carbocycles. The Morgan fingerprint density at radius 1 is 0.837 bits per heavy atom. The van der Waals surface area contributed by atoms with Gasteiger partial charge in [-0.1, -0.05) is 55.8 Å². The van der Waals surface area contributed by atoms with Crippen LogP contribution in [0, 0.1) is 0 Å². The third-order valence-corrected chi connectivity index (χ3v) is 9.82. The average Bonchev–Trinajstić information content (AvgIpc) is 3.13. The maximum Gasteiger partial charge on any atom is 0.251 e. The largest absolute Gasteiger partial charge is 0.494 e. The van der Waals surface area contributed by atoms with Gasteiger partial charge < -0.3 is 25.6 Å². The van der Waals surface area contributed by atoms with Gasteiger partial charge in [0.2, 0.25) is 5.91 Å². The Morgan fingerprint density at radius 2 is 1.53 bits per heavy atom. The highest BCUT2D eigenvalue weighted by Crippen LogP contribution is 2.30. The number of amides is 2. The van der Waals surface area contributed by atoms with E-state index in [1.165, 1.54) is 18.4 Å². The molecule has 2 saturated heterocycles. The molecule has 4 aromatic rings. The molecule has 2 aliphatic heterocycles. The van der Waals surface area contributed by atoms with Crippen molar-refractivity contribution in [3.63, 3.8) is 0 Å². The molecule has 2 aliphatic rings. The Labute approximate surface area is 290 Å². The Kier molecular flexibility index (Phi) is 11.8. The number of carbonyl (C=O) groups is 2. The fourth-order valence-corrected chi connectivity index (χ4v) is 6.94. The average molecular weight is 663 g/mol. The molecule has 0 unspecified atom stereocenters. The van der Waals surface area contributed by atoms with Crippen molar-refractivity contribution in [2.75, 3.05) is 45.2 Å². The lowest BCUT2D eigenvalue weighted by molar-refractivity contribution is -0.121. The summed E-state index contributed by atoms with van der Waals surface area (Å²) in [4.78, 5) is 36.4. The Bertz CT molecular complexity index is 1680. The molecule has 49 heavy (non-hydrogen) atoms. The van der Waals surface area contributed by atoms with Crippen LogP contribution in [0.3, 0.4) is 0 Å². The molecule has 1 aromatic heterocycles. The quantitative estimate of drug-likeness (QED) is 0.155. The van der Waals surface area contributed by atoms with Gasteiger partial charge in [-0.2, -0.15) is 0 Å². The predicted octanol–water partition coefficient (Wildman–Crippen LogP) is 6.30. The smallest absolute Gasteiger partial charge is 0.251 e. The molecule has 0 atom stereocenters. The number of piperidine rings is 2. The molecule has 0 spiro atoms. The Morgan fingerprint density at radius 3 is 2.22 bits per heavy atom. The van der Waals surface area contributed by atoms with E-state index in [0.29, 0.717) is 17.1 Å². The summed E-state index contributed by atoms with van der Waals surface area (Å²) in [7, 11) is 1.64. The molecule has 6 rings (SSSR count). The number of para-hydroxylation sites is 1. The zero-order valence-electron chi connectivity index (χ0n) is 28.9. The van der Waals surface area contributed by atoms with Gasteiger partial charge in [-0.15, -0.1) is 0 Å². The number of likely N-dealkylation sites (tertiary alicyclic amines) is 2. The molecule has 2 amide bonds. The molecule has 9 nitrogen and oxygen atoms in total. The van der Waals surface area contributed by atoms with Crippen LogP contribution in [0.5, 0.6) is 5.75 Å². The summed E-state index contributed by atoms with van der Waals surface area (Å²) in [6.45, 7) is 8.28. The van der Waals surface area contributed by atoms with Crippen molar-refractivity contribution >= 4 is 34.2 Å². The second-order valence-electron chi connectivity index (χ2n) is 13.5. The number of aromatic nitrogens is 1. The van der Waals surface area contributed by atoms with Gasteiger partial charge in [0.05, 0.1) is 13.5 Å². The summed E-state index contributed by atoms with van der Waals surface area (Å²) in [5.74, 6) is 1.21. The van der Waals surface area contributed by atoms with E-state index in [2.05, 4.69) is 56.9 Å². The summed E-state index contributed by atoms with van der Waals surface area (Å²) < 4.78 is 5.60. The fraction of sp³-hybridized carbons (Fsp3) is 0.425. The molecule has 0 radical (unpaired) electrons. The number of benzene rings is 3. The first kappa shape index (κ1) is 34.4. The number of ether oxygens (including phenoxy) is 1. The van der Waals surface area contributed by atoms with Gasteiger partial charge in [-0.25, -0.2) is 4.98 Å². The number of nitrogens with zero attached hydrogens (tertiary/aromatic N) is 3.